The van der Waals surface area contributed by atoms with Gasteiger partial charge in [0.1, 0.15) is 0 Å². The Morgan fingerprint density at radius 3 is 2.29 bits per heavy atom. The van der Waals surface area contributed by atoms with Crippen molar-refractivity contribution in [2.75, 3.05) is 13.2 Å². The second-order valence-corrected chi connectivity index (χ2v) is 14.1. The Morgan fingerprint density at radius 2 is 1.69 bits per heavy atom. The van der Waals surface area contributed by atoms with Crippen molar-refractivity contribution < 1.29 is 25.2 Å². The zero-order valence-corrected chi connectivity index (χ0v) is 22.5. The lowest BCUT2D eigenvalue weighted by Gasteiger charge is -2.69. The maximum absolute atomic E-state index is 12.8. The molecule has 0 saturated heterocycles. The van der Waals surface area contributed by atoms with E-state index in [9.17, 15) is 25.2 Å². The molecule has 3 fully saturated rings. The molecule has 5 aliphatic rings. The van der Waals surface area contributed by atoms with Crippen molar-refractivity contribution >= 4 is 5.97 Å². The van der Waals surface area contributed by atoms with Crippen LogP contribution < -0.4 is 0 Å². The monoisotopic (exact) mass is 486 g/mol. The van der Waals surface area contributed by atoms with Crippen LogP contribution >= 0.6 is 0 Å². The van der Waals surface area contributed by atoms with Gasteiger partial charge in [-0.2, -0.15) is 0 Å². The van der Waals surface area contributed by atoms with E-state index in [-0.39, 0.29) is 58.5 Å². The van der Waals surface area contributed by atoms with E-state index in [0.717, 1.165) is 37.7 Å². The second kappa shape index (κ2) is 7.45. The zero-order chi connectivity index (χ0) is 25.8. The Morgan fingerprint density at radius 1 is 1.00 bits per heavy atom. The van der Waals surface area contributed by atoms with Crippen molar-refractivity contribution in [2.45, 2.75) is 92.1 Å². The first-order chi connectivity index (χ1) is 16.2. The SMILES string of the molecule is C[C@@H]1CC[C@]2(C(=O)O)CC[C@]3(C)C(=CC[C@@H]4[C@@]5(C)C(CO)=C[C@](C)(CO)[C@@H]5CC[C@]43C)[C@@H]2[C@]1(C)O. The predicted molar refractivity (Wildman–Crippen MR) is 135 cm³/mol. The van der Waals surface area contributed by atoms with Crippen LogP contribution in [0.5, 0.6) is 0 Å². The van der Waals surface area contributed by atoms with Gasteiger partial charge in [0.15, 0.2) is 0 Å². The molecule has 5 nitrogen and oxygen atoms in total. The molecule has 196 valence electrons. The smallest absolute Gasteiger partial charge is 0.310 e. The number of carboxylic acid groups (broad SMARTS) is 1. The molecule has 0 spiro atoms. The number of carboxylic acids is 1. The number of rotatable bonds is 3. The van der Waals surface area contributed by atoms with Crippen molar-refractivity contribution in [1.82, 2.24) is 0 Å². The zero-order valence-electron chi connectivity index (χ0n) is 22.5. The molecule has 3 saturated carbocycles. The van der Waals surface area contributed by atoms with E-state index in [1.54, 1.807) is 0 Å². The van der Waals surface area contributed by atoms with Gasteiger partial charge in [0.25, 0.3) is 0 Å². The number of hydrogen-bond acceptors (Lipinski definition) is 4. The quantitative estimate of drug-likeness (QED) is 0.423. The molecule has 0 aromatic rings. The summed E-state index contributed by atoms with van der Waals surface area (Å²) in [5.41, 5.74) is -0.560. The van der Waals surface area contributed by atoms with Crippen molar-refractivity contribution in [1.29, 1.82) is 0 Å². The second-order valence-electron chi connectivity index (χ2n) is 14.1. The van der Waals surface area contributed by atoms with Crippen molar-refractivity contribution in [3.8, 4) is 0 Å². The third-order valence-corrected chi connectivity index (χ3v) is 13.1. The fourth-order valence-corrected chi connectivity index (χ4v) is 10.6. The lowest BCUT2D eigenvalue weighted by atomic mass is 9.34. The molecule has 0 unspecified atom stereocenters. The Bertz CT molecular complexity index is 997. The van der Waals surface area contributed by atoms with E-state index >= 15 is 0 Å². The van der Waals surface area contributed by atoms with Gasteiger partial charge in [-0.25, -0.2) is 0 Å². The summed E-state index contributed by atoms with van der Waals surface area (Å²) < 4.78 is 0. The number of hydrogen-bond donors (Lipinski definition) is 4. The topological polar surface area (TPSA) is 98.0 Å². The fourth-order valence-electron chi connectivity index (χ4n) is 10.6. The summed E-state index contributed by atoms with van der Waals surface area (Å²) in [5.74, 6) is -0.514. The van der Waals surface area contributed by atoms with Crippen molar-refractivity contribution in [3.05, 3.63) is 23.3 Å². The molecule has 0 aromatic carbocycles. The lowest BCUT2D eigenvalue weighted by Crippen LogP contribution is -2.66. The van der Waals surface area contributed by atoms with Gasteiger partial charge in [0.2, 0.25) is 0 Å². The summed E-state index contributed by atoms with van der Waals surface area (Å²) in [6, 6.07) is 0. The molecule has 5 heteroatoms. The van der Waals surface area contributed by atoms with E-state index in [0.29, 0.717) is 12.8 Å². The van der Waals surface area contributed by atoms with Gasteiger partial charge in [-0.15, -0.1) is 0 Å². The standard InChI is InChI=1S/C30H46O5/c1-18-9-12-30(24(33)34)14-13-26(3)20(23(30)29(18,6)35)7-8-22-27(26,4)11-10-21-25(2,17-32)15-19(16-31)28(21,22)5/h7,15,18,21-23,31-32,35H,8-14,16-17H2,1-6H3,(H,33,34)/t18-,21+,22+,23-,25-,26-,27-,28+,29-,30+/m1/s1. The van der Waals surface area contributed by atoms with Crippen LogP contribution in [0, 0.1) is 50.7 Å². The van der Waals surface area contributed by atoms with Gasteiger partial charge >= 0.3 is 5.97 Å². The molecule has 35 heavy (non-hydrogen) atoms. The average Bonchev–Trinajstić information content (AvgIpc) is 3.03. The molecular weight excluding hydrogens is 440 g/mol. The third-order valence-electron chi connectivity index (χ3n) is 13.1. The van der Waals surface area contributed by atoms with Gasteiger partial charge < -0.3 is 20.4 Å². The largest absolute Gasteiger partial charge is 0.481 e. The first-order valence-corrected chi connectivity index (χ1v) is 13.8. The minimum atomic E-state index is -1.06. The Kier molecular flexibility index (Phi) is 5.42. The number of aliphatic hydroxyl groups is 3. The van der Waals surface area contributed by atoms with E-state index in [1.807, 2.05) is 6.92 Å². The summed E-state index contributed by atoms with van der Waals surface area (Å²) >= 11 is 0. The van der Waals surface area contributed by atoms with Gasteiger partial charge in [-0.1, -0.05) is 52.3 Å². The molecule has 0 heterocycles. The van der Waals surface area contributed by atoms with Gasteiger partial charge in [0.05, 0.1) is 24.2 Å². The van der Waals surface area contributed by atoms with E-state index in [4.69, 9.17) is 0 Å². The molecule has 0 amide bonds. The number of fused-ring (bicyclic) bond motifs is 7. The molecule has 0 radical (unpaired) electrons. The van der Waals surface area contributed by atoms with E-state index in [2.05, 4.69) is 46.8 Å². The Balaban J connectivity index is 1.67. The molecule has 5 aliphatic carbocycles. The Hall–Kier alpha value is -1.17. The molecule has 0 bridgehead atoms. The van der Waals surface area contributed by atoms with Crippen LogP contribution in [0.1, 0.15) is 86.5 Å². The van der Waals surface area contributed by atoms with Crippen LogP contribution in [0.15, 0.2) is 23.3 Å². The van der Waals surface area contributed by atoms with Gasteiger partial charge in [-0.3, -0.25) is 4.79 Å². The lowest BCUT2D eigenvalue weighted by molar-refractivity contribution is -0.198. The number of allylic oxidation sites excluding steroid dienone is 1. The third kappa shape index (κ3) is 2.79. The molecule has 10 atom stereocenters. The number of carbonyl (C=O) groups is 1. The van der Waals surface area contributed by atoms with Gasteiger partial charge in [-0.05, 0) is 91.4 Å². The van der Waals surface area contributed by atoms with Crippen LogP contribution in [0.2, 0.25) is 0 Å². The molecule has 5 rings (SSSR count). The molecular formula is C30H46O5. The Labute approximate surface area is 210 Å². The highest BCUT2D eigenvalue weighted by molar-refractivity contribution is 5.77. The highest BCUT2D eigenvalue weighted by atomic mass is 16.4. The van der Waals surface area contributed by atoms with Crippen LogP contribution in [-0.2, 0) is 4.79 Å². The molecule has 0 aliphatic heterocycles. The van der Waals surface area contributed by atoms with E-state index in [1.165, 1.54) is 5.57 Å². The average molecular weight is 487 g/mol. The summed E-state index contributed by atoms with van der Waals surface area (Å²) in [6.07, 6.45) is 10.1. The van der Waals surface area contributed by atoms with E-state index < -0.39 is 17.0 Å². The normalized spacial score (nSPS) is 55.1. The van der Waals surface area contributed by atoms with Gasteiger partial charge in [0, 0.05) is 11.3 Å². The maximum Gasteiger partial charge on any atom is 0.310 e. The van der Waals surface area contributed by atoms with Crippen LogP contribution in [-0.4, -0.2) is 45.2 Å². The van der Waals surface area contributed by atoms with Crippen LogP contribution in [0.4, 0.5) is 0 Å². The van der Waals surface area contributed by atoms with Crippen molar-refractivity contribution in [3.63, 3.8) is 0 Å². The molecule has 0 aromatic heterocycles. The highest BCUT2D eigenvalue weighted by Crippen LogP contribution is 2.76. The minimum absolute atomic E-state index is 0.0133. The summed E-state index contributed by atoms with van der Waals surface area (Å²) in [6.45, 7) is 13.3. The number of aliphatic hydroxyl groups excluding tert-OH is 2. The summed E-state index contributed by atoms with van der Waals surface area (Å²) in [5, 5.41) is 43.2. The highest BCUT2D eigenvalue weighted by Gasteiger charge is 2.71. The summed E-state index contributed by atoms with van der Waals surface area (Å²) in [7, 11) is 0. The first kappa shape index (κ1) is 25.5. The van der Waals surface area contributed by atoms with Crippen LogP contribution in [0.3, 0.4) is 0 Å². The first-order valence-electron chi connectivity index (χ1n) is 13.8. The fraction of sp³-hybridized carbons (Fsp3) is 0.833. The maximum atomic E-state index is 12.8. The van der Waals surface area contributed by atoms with Crippen LogP contribution in [0.25, 0.3) is 0 Å². The van der Waals surface area contributed by atoms with Crippen molar-refractivity contribution in [2.24, 2.45) is 50.7 Å². The summed E-state index contributed by atoms with van der Waals surface area (Å²) in [4.78, 5) is 12.8. The predicted octanol–water partition coefficient (Wildman–Crippen LogP) is 4.95. The minimum Gasteiger partial charge on any atom is -0.481 e. The number of aliphatic carboxylic acids is 1. The molecule has 4 N–H and O–H groups in total.